The number of nitrogens with zero attached hydrogens (tertiary/aromatic N) is 1. The van der Waals surface area contributed by atoms with Gasteiger partial charge in [-0.3, -0.25) is 0 Å². The monoisotopic (exact) mass is 316 g/mol. The highest BCUT2D eigenvalue weighted by Crippen LogP contribution is 2.23. The predicted molar refractivity (Wildman–Crippen MR) is 76.9 cm³/mol. The van der Waals surface area contributed by atoms with Crippen LogP contribution in [-0.4, -0.2) is 25.7 Å². The first-order valence-corrected chi connectivity index (χ1v) is 8.06. The molecule has 20 heavy (non-hydrogen) atoms. The van der Waals surface area contributed by atoms with Gasteiger partial charge in [0.05, 0.1) is 22.3 Å². The summed E-state index contributed by atoms with van der Waals surface area (Å²) in [6.45, 7) is 3.46. The van der Waals surface area contributed by atoms with E-state index in [0.29, 0.717) is 12.8 Å². The number of hydrogen-bond donors (Lipinski definition) is 2. The molecule has 0 aliphatic rings. The molecule has 0 saturated heterocycles. The van der Waals surface area contributed by atoms with Gasteiger partial charge in [-0.1, -0.05) is 25.4 Å². The summed E-state index contributed by atoms with van der Waals surface area (Å²) in [5.74, 6) is 0. The van der Waals surface area contributed by atoms with Gasteiger partial charge < -0.3 is 5.11 Å². The zero-order valence-electron chi connectivity index (χ0n) is 11.4. The van der Waals surface area contributed by atoms with Crippen molar-refractivity contribution in [2.24, 2.45) is 0 Å². The van der Waals surface area contributed by atoms with E-state index in [2.05, 4.69) is 4.72 Å². The quantitative estimate of drug-likeness (QED) is 0.840. The normalized spacial score (nSPS) is 12.2. The second-order valence-electron chi connectivity index (χ2n) is 4.51. The minimum atomic E-state index is -3.87. The van der Waals surface area contributed by atoms with Gasteiger partial charge in [0.1, 0.15) is 4.90 Å². The molecule has 0 aliphatic carbocycles. The molecule has 1 rings (SSSR count). The van der Waals surface area contributed by atoms with Crippen LogP contribution in [0.4, 0.5) is 0 Å². The fraction of sp³-hybridized carbons (Fsp3) is 0.462. The summed E-state index contributed by atoms with van der Waals surface area (Å²) in [5, 5.41) is 18.9. The highest BCUT2D eigenvalue weighted by Gasteiger charge is 2.26. The Morgan fingerprint density at radius 2 is 2.00 bits per heavy atom. The van der Waals surface area contributed by atoms with Gasteiger partial charge in [0.2, 0.25) is 10.0 Å². The van der Waals surface area contributed by atoms with Crippen molar-refractivity contribution in [3.05, 3.63) is 28.8 Å². The summed E-state index contributed by atoms with van der Waals surface area (Å²) in [4.78, 5) is -0.159. The van der Waals surface area contributed by atoms with Crippen LogP contribution in [0.1, 0.15) is 32.3 Å². The molecule has 0 saturated carbocycles. The van der Waals surface area contributed by atoms with Crippen LogP contribution in [0.3, 0.4) is 0 Å². The molecule has 0 spiro atoms. The highest BCUT2D eigenvalue weighted by atomic mass is 35.5. The van der Waals surface area contributed by atoms with Crippen LogP contribution < -0.4 is 4.72 Å². The molecule has 1 aromatic carbocycles. The molecule has 0 aromatic heterocycles. The molecule has 7 heteroatoms. The molecule has 0 atom stereocenters. The van der Waals surface area contributed by atoms with Gasteiger partial charge in [0.15, 0.2) is 0 Å². The summed E-state index contributed by atoms with van der Waals surface area (Å²) in [6, 6.07) is 5.87. The first-order chi connectivity index (χ1) is 9.28. The van der Waals surface area contributed by atoms with Crippen molar-refractivity contribution in [3.63, 3.8) is 0 Å². The minimum absolute atomic E-state index is 0.0352. The summed E-state index contributed by atoms with van der Waals surface area (Å²) >= 11 is 5.86. The Hall–Kier alpha value is -1.13. The lowest BCUT2D eigenvalue weighted by atomic mass is 9.98. The smallest absolute Gasteiger partial charge is 0.242 e. The molecule has 2 N–H and O–H groups in total. The molecule has 0 unspecified atom stereocenters. The molecule has 110 valence electrons. The number of rotatable bonds is 6. The largest absolute Gasteiger partial charge is 0.389 e. The van der Waals surface area contributed by atoms with Crippen molar-refractivity contribution < 1.29 is 13.5 Å². The molecule has 0 bridgehead atoms. The Morgan fingerprint density at radius 3 is 2.50 bits per heavy atom. The van der Waals surface area contributed by atoms with E-state index in [1.807, 2.05) is 6.07 Å². The number of nitriles is 1. The van der Waals surface area contributed by atoms with E-state index < -0.39 is 15.6 Å². The van der Waals surface area contributed by atoms with Gasteiger partial charge in [-0.25, -0.2) is 13.1 Å². The molecule has 0 radical (unpaired) electrons. The van der Waals surface area contributed by atoms with Crippen LogP contribution in [0.5, 0.6) is 0 Å². The Kier molecular flexibility index (Phi) is 5.54. The maximum atomic E-state index is 12.2. The zero-order valence-corrected chi connectivity index (χ0v) is 12.9. The SMILES string of the molecule is CCC(O)(CC)CNS(=O)(=O)c1cc(C#N)ccc1Cl. The third-order valence-corrected chi connectivity index (χ3v) is 5.14. The Morgan fingerprint density at radius 1 is 1.40 bits per heavy atom. The van der Waals surface area contributed by atoms with Crippen molar-refractivity contribution in [3.8, 4) is 6.07 Å². The third kappa shape index (κ3) is 3.93. The molecule has 0 amide bonds. The number of aliphatic hydroxyl groups is 1. The highest BCUT2D eigenvalue weighted by molar-refractivity contribution is 7.89. The van der Waals surface area contributed by atoms with Gasteiger partial charge in [-0.15, -0.1) is 0 Å². The molecule has 0 heterocycles. The van der Waals surface area contributed by atoms with Gasteiger partial charge in [-0.2, -0.15) is 5.26 Å². The lowest BCUT2D eigenvalue weighted by molar-refractivity contribution is 0.0377. The standard InChI is InChI=1S/C13H17ClN2O3S/c1-3-13(17,4-2)9-16-20(18,19)12-7-10(8-15)5-6-11(12)14/h5-7,16-17H,3-4,9H2,1-2H3. The molecular weight excluding hydrogens is 300 g/mol. The van der Waals surface area contributed by atoms with Crippen LogP contribution in [0.2, 0.25) is 5.02 Å². The second-order valence-corrected chi connectivity index (χ2v) is 6.66. The van der Waals surface area contributed by atoms with Crippen molar-refractivity contribution in [1.82, 2.24) is 4.72 Å². The van der Waals surface area contributed by atoms with E-state index in [1.54, 1.807) is 13.8 Å². The summed E-state index contributed by atoms with van der Waals surface area (Å²) in [6.07, 6.45) is 0.857. The number of hydrogen-bond acceptors (Lipinski definition) is 4. The van der Waals surface area contributed by atoms with Crippen LogP contribution >= 0.6 is 11.6 Å². The van der Waals surface area contributed by atoms with Crippen LogP contribution in [0.25, 0.3) is 0 Å². The lowest BCUT2D eigenvalue weighted by Gasteiger charge is -2.25. The average Bonchev–Trinajstić information content (AvgIpc) is 2.45. The Balaban J connectivity index is 3.04. The van der Waals surface area contributed by atoms with Gasteiger partial charge >= 0.3 is 0 Å². The molecule has 5 nitrogen and oxygen atoms in total. The lowest BCUT2D eigenvalue weighted by Crippen LogP contribution is -2.42. The summed E-state index contributed by atoms with van der Waals surface area (Å²) < 4.78 is 26.7. The van der Waals surface area contributed by atoms with Crippen LogP contribution in [-0.2, 0) is 10.0 Å². The second kappa shape index (κ2) is 6.55. The van der Waals surface area contributed by atoms with E-state index in [4.69, 9.17) is 16.9 Å². The third-order valence-electron chi connectivity index (χ3n) is 3.26. The van der Waals surface area contributed by atoms with Crippen LogP contribution in [0.15, 0.2) is 23.1 Å². The van der Waals surface area contributed by atoms with Crippen LogP contribution in [0, 0.1) is 11.3 Å². The topological polar surface area (TPSA) is 90.2 Å². The molecule has 0 aliphatic heterocycles. The summed E-state index contributed by atoms with van der Waals surface area (Å²) in [7, 11) is -3.87. The number of halogens is 1. The average molecular weight is 317 g/mol. The molecule has 1 aromatic rings. The Bertz CT molecular complexity index is 619. The van der Waals surface area contributed by atoms with Crippen molar-refractivity contribution in [2.45, 2.75) is 37.2 Å². The van der Waals surface area contributed by atoms with Gasteiger partial charge in [0.25, 0.3) is 0 Å². The fourth-order valence-electron chi connectivity index (χ4n) is 1.59. The maximum Gasteiger partial charge on any atom is 0.242 e. The van der Waals surface area contributed by atoms with E-state index in [9.17, 15) is 13.5 Å². The van der Waals surface area contributed by atoms with Crippen molar-refractivity contribution >= 4 is 21.6 Å². The van der Waals surface area contributed by atoms with Crippen molar-refractivity contribution in [2.75, 3.05) is 6.54 Å². The first kappa shape index (κ1) is 16.9. The maximum absolute atomic E-state index is 12.2. The Labute approximate surface area is 124 Å². The number of sulfonamides is 1. The van der Waals surface area contributed by atoms with Gasteiger partial charge in [-0.05, 0) is 31.0 Å². The fourth-order valence-corrected chi connectivity index (χ4v) is 3.23. The predicted octanol–water partition coefficient (Wildman–Crippen LogP) is 2.04. The molecular formula is C13H17ClN2O3S. The van der Waals surface area contributed by atoms with E-state index in [1.165, 1.54) is 18.2 Å². The summed E-state index contributed by atoms with van der Waals surface area (Å²) in [5.41, 5.74) is -0.886. The molecule has 0 fully saturated rings. The van der Waals surface area contributed by atoms with Gasteiger partial charge in [0, 0.05) is 6.54 Å². The van der Waals surface area contributed by atoms with E-state index in [0.717, 1.165) is 0 Å². The first-order valence-electron chi connectivity index (χ1n) is 6.19. The van der Waals surface area contributed by atoms with E-state index >= 15 is 0 Å². The van der Waals surface area contributed by atoms with E-state index in [-0.39, 0.29) is 22.0 Å². The number of nitrogens with one attached hydrogen (secondary N) is 1. The minimum Gasteiger partial charge on any atom is -0.389 e. The van der Waals surface area contributed by atoms with Crippen molar-refractivity contribution in [1.29, 1.82) is 5.26 Å². The number of benzene rings is 1. The zero-order chi connectivity index (χ0) is 15.4.